The lowest BCUT2D eigenvalue weighted by molar-refractivity contribution is -0.0456. The van der Waals surface area contributed by atoms with Crippen LogP contribution in [0.2, 0.25) is 5.02 Å². The second-order valence-electron chi connectivity index (χ2n) is 3.85. The average Bonchev–Trinajstić information content (AvgIpc) is 2.61. The summed E-state index contributed by atoms with van der Waals surface area (Å²) in [5.41, 5.74) is 4.76. The monoisotopic (exact) mass is 339 g/mol. The van der Waals surface area contributed by atoms with E-state index >= 15 is 0 Å². The fraction of sp³-hybridized carbons (Fsp3) is 0.556. The van der Waals surface area contributed by atoms with Crippen LogP contribution < -0.4 is 11.4 Å². The molecule has 1 aliphatic rings. The molecule has 1 aliphatic heterocycles. The second kappa shape index (κ2) is 5.14. The molecule has 0 aromatic carbocycles. The van der Waals surface area contributed by atoms with Gasteiger partial charge in [0.2, 0.25) is 0 Å². The third-order valence-electron chi connectivity index (χ3n) is 2.68. The van der Waals surface area contributed by atoms with Crippen LogP contribution in [0.4, 0.5) is 5.82 Å². The van der Waals surface area contributed by atoms with Gasteiger partial charge in [-0.15, -0.1) is 0 Å². The van der Waals surface area contributed by atoms with Gasteiger partial charge in [-0.25, -0.2) is 4.79 Å². The number of hydrogen-bond acceptors (Lipinski definition) is 6. The van der Waals surface area contributed by atoms with Gasteiger partial charge in [0.15, 0.2) is 6.23 Å². The van der Waals surface area contributed by atoms with E-state index in [-0.39, 0.29) is 17.4 Å². The van der Waals surface area contributed by atoms with Crippen molar-refractivity contribution in [1.82, 2.24) is 9.55 Å². The molecule has 0 aliphatic carbocycles. The van der Waals surface area contributed by atoms with E-state index in [1.54, 1.807) is 0 Å². The number of ether oxygens (including phenoxy) is 1. The highest BCUT2D eigenvalue weighted by molar-refractivity contribution is 9.09. The summed E-state index contributed by atoms with van der Waals surface area (Å²) in [6, 6.07) is 0. The molecule has 0 spiro atoms. The molecule has 18 heavy (non-hydrogen) atoms. The summed E-state index contributed by atoms with van der Waals surface area (Å²) in [6.07, 6.45) is -1.24. The highest BCUT2D eigenvalue weighted by Gasteiger charge is 2.43. The quantitative estimate of drug-likeness (QED) is 0.626. The van der Waals surface area contributed by atoms with Crippen LogP contribution in [0.5, 0.6) is 0 Å². The Balaban J connectivity index is 2.39. The van der Waals surface area contributed by atoms with E-state index in [4.69, 9.17) is 27.2 Å². The zero-order valence-corrected chi connectivity index (χ0v) is 11.4. The Labute approximate surface area is 115 Å². The lowest BCUT2D eigenvalue weighted by Crippen LogP contribution is -2.32. The molecule has 1 fully saturated rings. The molecule has 9 heteroatoms. The van der Waals surface area contributed by atoms with Crippen molar-refractivity contribution in [3.8, 4) is 0 Å². The second-order valence-corrected chi connectivity index (χ2v) is 5.31. The van der Waals surface area contributed by atoms with Crippen molar-refractivity contribution in [2.45, 2.75) is 23.3 Å². The lowest BCUT2D eigenvalue weighted by atomic mass is 10.2. The maximum absolute atomic E-state index is 11.7. The molecule has 0 radical (unpaired) electrons. The summed E-state index contributed by atoms with van der Waals surface area (Å²) in [5, 5.41) is 18.9. The molecule has 100 valence electrons. The number of aliphatic hydroxyl groups excluding tert-OH is 2. The van der Waals surface area contributed by atoms with E-state index in [9.17, 15) is 9.90 Å². The molecule has 7 nitrogen and oxygen atoms in total. The molecule has 1 aromatic heterocycles. The Morgan fingerprint density at radius 1 is 1.67 bits per heavy atom. The molecule has 1 aromatic rings. The first-order chi connectivity index (χ1) is 8.45. The summed E-state index contributed by atoms with van der Waals surface area (Å²) in [4.78, 5) is 14.7. The smallest absolute Gasteiger partial charge is 0.351 e. The highest BCUT2D eigenvalue weighted by Crippen LogP contribution is 2.34. The van der Waals surface area contributed by atoms with Crippen molar-refractivity contribution in [1.29, 1.82) is 0 Å². The number of hydrogen-bond donors (Lipinski definition) is 3. The van der Waals surface area contributed by atoms with E-state index in [0.29, 0.717) is 0 Å². The SMILES string of the molecule is Nc1nc(=O)n([C@@H]2O[C@H](CO)[C@@H](O)[C@@H]2Br)cc1Cl. The number of aromatic nitrogens is 2. The normalized spacial score (nSPS) is 31.8. The van der Waals surface area contributed by atoms with Crippen LogP contribution in [0.1, 0.15) is 6.23 Å². The van der Waals surface area contributed by atoms with Crippen molar-refractivity contribution in [3.63, 3.8) is 0 Å². The molecule has 2 heterocycles. The van der Waals surface area contributed by atoms with Crippen molar-refractivity contribution in [2.75, 3.05) is 12.3 Å². The Bertz CT molecular complexity index is 511. The maximum Gasteiger partial charge on any atom is 0.351 e. The predicted octanol–water partition coefficient (Wildman–Crippen LogP) is -0.507. The molecule has 0 saturated carbocycles. The summed E-state index contributed by atoms with van der Waals surface area (Å²) in [5.74, 6) is -0.0682. The minimum absolute atomic E-state index is 0.0682. The number of nitrogens with two attached hydrogens (primary N) is 1. The van der Waals surface area contributed by atoms with E-state index in [1.807, 2.05) is 0 Å². The molecule has 4 N–H and O–H groups in total. The van der Waals surface area contributed by atoms with E-state index in [1.165, 1.54) is 6.20 Å². The number of halogens is 2. The van der Waals surface area contributed by atoms with Crippen molar-refractivity contribution < 1.29 is 14.9 Å². The summed E-state index contributed by atoms with van der Waals surface area (Å²) in [6.45, 7) is -0.356. The third kappa shape index (κ3) is 2.26. The number of rotatable bonds is 2. The van der Waals surface area contributed by atoms with E-state index in [0.717, 1.165) is 4.57 Å². The zero-order chi connectivity index (χ0) is 13.4. The van der Waals surface area contributed by atoms with E-state index < -0.39 is 29.0 Å². The number of nitrogen functional groups attached to an aromatic ring is 1. The van der Waals surface area contributed by atoms with Gasteiger partial charge in [-0.05, 0) is 0 Å². The number of aliphatic hydroxyl groups is 2. The number of nitrogens with zero attached hydrogens (tertiary/aromatic N) is 2. The largest absolute Gasteiger partial charge is 0.394 e. The van der Waals surface area contributed by atoms with Gasteiger partial charge in [-0.2, -0.15) is 4.98 Å². The van der Waals surface area contributed by atoms with Crippen molar-refractivity contribution >= 4 is 33.3 Å². The van der Waals surface area contributed by atoms with Gasteiger partial charge in [-0.3, -0.25) is 4.57 Å². The van der Waals surface area contributed by atoms with Gasteiger partial charge in [0, 0.05) is 6.20 Å². The number of anilines is 1. The topological polar surface area (TPSA) is 111 Å². The van der Waals surface area contributed by atoms with Crippen LogP contribution in [0.25, 0.3) is 0 Å². The molecular formula is C9H11BrClN3O4. The highest BCUT2D eigenvalue weighted by atomic mass is 79.9. The van der Waals surface area contributed by atoms with Gasteiger partial charge >= 0.3 is 5.69 Å². The molecular weight excluding hydrogens is 329 g/mol. The summed E-state index contributed by atoms with van der Waals surface area (Å²) >= 11 is 9.01. The van der Waals surface area contributed by atoms with Crippen LogP contribution in [-0.4, -0.2) is 43.4 Å². The average molecular weight is 341 g/mol. The fourth-order valence-electron chi connectivity index (χ4n) is 1.72. The minimum atomic E-state index is -0.941. The number of alkyl halides is 1. The Morgan fingerprint density at radius 2 is 2.33 bits per heavy atom. The van der Waals surface area contributed by atoms with Gasteiger partial charge in [0.25, 0.3) is 0 Å². The van der Waals surface area contributed by atoms with Gasteiger partial charge in [0.05, 0.1) is 22.6 Å². The van der Waals surface area contributed by atoms with Crippen LogP contribution >= 0.6 is 27.5 Å². The molecule has 0 amide bonds. The Morgan fingerprint density at radius 3 is 2.89 bits per heavy atom. The first kappa shape index (κ1) is 13.8. The summed E-state index contributed by atoms with van der Waals surface area (Å²) in [7, 11) is 0. The molecule has 0 bridgehead atoms. The minimum Gasteiger partial charge on any atom is -0.394 e. The van der Waals surface area contributed by atoms with Crippen molar-refractivity contribution in [3.05, 3.63) is 21.7 Å². The Hall–Kier alpha value is -0.670. The van der Waals surface area contributed by atoms with Gasteiger partial charge in [0.1, 0.15) is 11.9 Å². The molecule has 1 saturated heterocycles. The van der Waals surface area contributed by atoms with Crippen LogP contribution in [-0.2, 0) is 4.74 Å². The third-order valence-corrected chi connectivity index (χ3v) is 3.97. The standard InChI is InChI=1S/C9H11BrClN3O4/c10-5-6(16)4(2-15)18-8(5)14-1-3(11)7(12)13-9(14)17/h1,4-6,8,15-16H,2H2,(H2,12,13,17)/t4-,5+,6-,8-/m1/s1. The van der Waals surface area contributed by atoms with Crippen molar-refractivity contribution in [2.24, 2.45) is 0 Å². The van der Waals surface area contributed by atoms with E-state index in [2.05, 4.69) is 20.9 Å². The van der Waals surface area contributed by atoms with Crippen LogP contribution in [0.15, 0.2) is 11.0 Å². The summed E-state index contributed by atoms with van der Waals surface area (Å²) < 4.78 is 6.50. The van der Waals surface area contributed by atoms with Crippen LogP contribution in [0.3, 0.4) is 0 Å². The first-order valence-corrected chi connectivity index (χ1v) is 6.37. The zero-order valence-electron chi connectivity index (χ0n) is 9.03. The first-order valence-electron chi connectivity index (χ1n) is 5.08. The van der Waals surface area contributed by atoms with Crippen LogP contribution in [0, 0.1) is 0 Å². The Kier molecular flexibility index (Phi) is 3.93. The fourth-order valence-corrected chi connectivity index (χ4v) is 2.59. The molecule has 2 rings (SSSR count). The molecule has 0 unspecified atom stereocenters. The van der Waals surface area contributed by atoms with Gasteiger partial charge < -0.3 is 20.7 Å². The lowest BCUT2D eigenvalue weighted by Gasteiger charge is -2.17. The maximum atomic E-state index is 11.7. The predicted molar refractivity (Wildman–Crippen MR) is 67.6 cm³/mol. The van der Waals surface area contributed by atoms with Gasteiger partial charge in [-0.1, -0.05) is 27.5 Å². The molecule has 4 atom stereocenters.